The van der Waals surface area contributed by atoms with E-state index in [0.29, 0.717) is 25.2 Å². The Morgan fingerprint density at radius 1 is 0.909 bits per heavy atom. The van der Waals surface area contributed by atoms with Gasteiger partial charge in [-0.1, -0.05) is 24.6 Å². The van der Waals surface area contributed by atoms with Crippen LogP contribution in [-0.2, 0) is 10.0 Å². The zero-order valence-corrected chi connectivity index (χ0v) is 21.0. The second-order valence-corrected chi connectivity index (χ2v) is 11.3. The molecule has 0 N–H and O–H groups in total. The number of piperazine rings is 1. The SMILES string of the molecule is Cc1ccc(S(=O)(=O)N2CCCCC2C)cc1C(=O)N1CCN(c2cccc(C)c2C)CC1. The predicted molar refractivity (Wildman–Crippen MR) is 132 cm³/mol. The molecule has 0 radical (unpaired) electrons. The first kappa shape index (κ1) is 23.8. The Bertz CT molecular complexity index is 1140. The Morgan fingerprint density at radius 2 is 1.64 bits per heavy atom. The standard InChI is InChI=1S/C26H35N3O3S/c1-19-8-7-10-25(22(19)4)27-14-16-28(17-15-27)26(30)24-18-23(12-11-20(24)2)33(31,32)29-13-6-5-9-21(29)3/h7-8,10-12,18,21H,5-6,9,13-17H2,1-4H3. The van der Waals surface area contributed by atoms with Gasteiger partial charge in [0.15, 0.2) is 0 Å². The minimum Gasteiger partial charge on any atom is -0.368 e. The maximum atomic E-state index is 13.4. The number of aryl methyl sites for hydroxylation is 2. The molecule has 2 aromatic rings. The molecule has 0 spiro atoms. The number of hydrogen-bond acceptors (Lipinski definition) is 4. The fraction of sp³-hybridized carbons (Fsp3) is 0.500. The van der Waals surface area contributed by atoms with Crippen molar-refractivity contribution in [2.45, 2.75) is 57.9 Å². The maximum absolute atomic E-state index is 13.4. The average Bonchev–Trinajstić information content (AvgIpc) is 2.81. The van der Waals surface area contributed by atoms with Crippen LogP contribution in [0.1, 0.15) is 53.2 Å². The van der Waals surface area contributed by atoms with Crippen molar-refractivity contribution in [3.8, 4) is 0 Å². The Labute approximate surface area is 198 Å². The molecule has 0 saturated carbocycles. The number of sulfonamides is 1. The summed E-state index contributed by atoms with van der Waals surface area (Å²) in [5.74, 6) is -0.0862. The van der Waals surface area contributed by atoms with Crippen LogP contribution in [0.5, 0.6) is 0 Å². The van der Waals surface area contributed by atoms with Crippen molar-refractivity contribution in [1.29, 1.82) is 0 Å². The van der Waals surface area contributed by atoms with E-state index in [0.717, 1.165) is 37.9 Å². The minimum absolute atomic E-state index is 0.0117. The van der Waals surface area contributed by atoms with Crippen molar-refractivity contribution in [2.75, 3.05) is 37.6 Å². The molecule has 33 heavy (non-hydrogen) atoms. The van der Waals surface area contributed by atoms with E-state index in [4.69, 9.17) is 0 Å². The first-order valence-corrected chi connectivity index (χ1v) is 13.4. The zero-order valence-electron chi connectivity index (χ0n) is 20.2. The molecule has 0 aliphatic carbocycles. The van der Waals surface area contributed by atoms with Gasteiger partial charge >= 0.3 is 0 Å². The molecule has 4 rings (SSSR count). The lowest BCUT2D eigenvalue weighted by Gasteiger charge is -2.37. The Kier molecular flexibility index (Phi) is 6.82. The monoisotopic (exact) mass is 469 g/mol. The summed E-state index contributed by atoms with van der Waals surface area (Å²) in [4.78, 5) is 17.8. The average molecular weight is 470 g/mol. The summed E-state index contributed by atoms with van der Waals surface area (Å²) in [6, 6.07) is 11.3. The number of amides is 1. The lowest BCUT2D eigenvalue weighted by molar-refractivity contribution is 0.0745. The van der Waals surface area contributed by atoms with Gasteiger partial charge in [-0.2, -0.15) is 4.31 Å². The normalized spacial score (nSPS) is 20.2. The van der Waals surface area contributed by atoms with E-state index in [2.05, 4.69) is 36.9 Å². The molecule has 7 heteroatoms. The molecular formula is C26H35N3O3S. The Morgan fingerprint density at radius 3 is 2.33 bits per heavy atom. The van der Waals surface area contributed by atoms with Crippen LogP contribution in [0.25, 0.3) is 0 Å². The molecule has 1 amide bonds. The van der Waals surface area contributed by atoms with Crippen molar-refractivity contribution < 1.29 is 13.2 Å². The van der Waals surface area contributed by atoms with Gasteiger partial charge in [-0.25, -0.2) is 8.42 Å². The van der Waals surface area contributed by atoms with Gasteiger partial charge in [-0.3, -0.25) is 4.79 Å². The number of anilines is 1. The third-order valence-electron chi connectivity index (χ3n) is 7.27. The van der Waals surface area contributed by atoms with Crippen LogP contribution < -0.4 is 4.90 Å². The van der Waals surface area contributed by atoms with Crippen molar-refractivity contribution in [3.05, 3.63) is 58.7 Å². The van der Waals surface area contributed by atoms with Crippen LogP contribution in [0.4, 0.5) is 5.69 Å². The summed E-state index contributed by atoms with van der Waals surface area (Å²) in [7, 11) is -3.61. The van der Waals surface area contributed by atoms with Gasteiger partial charge in [0, 0.05) is 50.0 Å². The summed E-state index contributed by atoms with van der Waals surface area (Å²) in [5.41, 5.74) is 5.06. The Balaban J connectivity index is 1.52. The number of nitrogens with zero attached hydrogens (tertiary/aromatic N) is 3. The van der Waals surface area contributed by atoms with Gasteiger partial charge in [-0.05, 0) is 75.4 Å². The van der Waals surface area contributed by atoms with E-state index in [1.807, 2.05) is 18.7 Å². The second kappa shape index (κ2) is 9.47. The lowest BCUT2D eigenvalue weighted by Crippen LogP contribution is -2.49. The highest BCUT2D eigenvalue weighted by Gasteiger charge is 2.32. The summed E-state index contributed by atoms with van der Waals surface area (Å²) in [6.45, 7) is 11.4. The molecule has 178 valence electrons. The highest BCUT2D eigenvalue weighted by atomic mass is 32.2. The summed E-state index contributed by atoms with van der Waals surface area (Å²) in [6.07, 6.45) is 2.81. The highest BCUT2D eigenvalue weighted by Crippen LogP contribution is 2.28. The number of piperidine rings is 1. The Hall–Kier alpha value is -2.38. The number of carbonyl (C=O) groups is 1. The fourth-order valence-electron chi connectivity index (χ4n) is 4.96. The van der Waals surface area contributed by atoms with Gasteiger partial charge in [0.25, 0.3) is 5.91 Å². The van der Waals surface area contributed by atoms with E-state index in [1.165, 1.54) is 16.8 Å². The van der Waals surface area contributed by atoms with Crippen molar-refractivity contribution in [3.63, 3.8) is 0 Å². The fourth-order valence-corrected chi connectivity index (χ4v) is 6.68. The molecule has 1 unspecified atom stereocenters. The van der Waals surface area contributed by atoms with Crippen LogP contribution >= 0.6 is 0 Å². The molecule has 2 aliphatic rings. The van der Waals surface area contributed by atoms with Gasteiger partial charge in [0.1, 0.15) is 0 Å². The number of carbonyl (C=O) groups excluding carboxylic acids is 1. The molecular weight excluding hydrogens is 434 g/mol. The van der Waals surface area contributed by atoms with E-state index < -0.39 is 10.0 Å². The van der Waals surface area contributed by atoms with Gasteiger partial charge in [0.05, 0.1) is 4.90 Å². The maximum Gasteiger partial charge on any atom is 0.254 e. The minimum atomic E-state index is -3.61. The number of rotatable bonds is 4. The first-order chi connectivity index (χ1) is 15.7. The van der Waals surface area contributed by atoms with Crippen LogP contribution in [0.3, 0.4) is 0 Å². The third-order valence-corrected chi connectivity index (χ3v) is 9.28. The van der Waals surface area contributed by atoms with Crippen LogP contribution in [0, 0.1) is 20.8 Å². The van der Waals surface area contributed by atoms with E-state index >= 15 is 0 Å². The molecule has 1 atom stereocenters. The van der Waals surface area contributed by atoms with E-state index in [9.17, 15) is 13.2 Å². The van der Waals surface area contributed by atoms with Crippen LogP contribution in [0.15, 0.2) is 41.3 Å². The van der Waals surface area contributed by atoms with E-state index in [-0.39, 0.29) is 16.8 Å². The summed E-state index contributed by atoms with van der Waals surface area (Å²) in [5, 5.41) is 0. The van der Waals surface area contributed by atoms with Crippen molar-refractivity contribution >= 4 is 21.6 Å². The lowest BCUT2D eigenvalue weighted by atomic mass is 10.1. The van der Waals surface area contributed by atoms with E-state index in [1.54, 1.807) is 22.5 Å². The number of hydrogen-bond donors (Lipinski definition) is 0. The summed E-state index contributed by atoms with van der Waals surface area (Å²) < 4.78 is 28.2. The van der Waals surface area contributed by atoms with Gasteiger partial charge < -0.3 is 9.80 Å². The smallest absolute Gasteiger partial charge is 0.254 e. The molecule has 2 aromatic carbocycles. The molecule has 2 heterocycles. The predicted octanol–water partition coefficient (Wildman–Crippen LogP) is 4.14. The quantitative estimate of drug-likeness (QED) is 0.675. The molecule has 0 bridgehead atoms. The highest BCUT2D eigenvalue weighted by molar-refractivity contribution is 7.89. The second-order valence-electron chi connectivity index (χ2n) is 9.44. The van der Waals surface area contributed by atoms with Crippen molar-refractivity contribution in [2.24, 2.45) is 0 Å². The number of benzene rings is 2. The van der Waals surface area contributed by atoms with Crippen LogP contribution in [0.2, 0.25) is 0 Å². The molecule has 6 nitrogen and oxygen atoms in total. The van der Waals surface area contributed by atoms with Gasteiger partial charge in [-0.15, -0.1) is 0 Å². The van der Waals surface area contributed by atoms with Crippen LogP contribution in [-0.4, -0.2) is 62.3 Å². The molecule has 2 aliphatic heterocycles. The zero-order chi connectivity index (χ0) is 23.8. The summed E-state index contributed by atoms with van der Waals surface area (Å²) >= 11 is 0. The molecule has 2 fully saturated rings. The largest absolute Gasteiger partial charge is 0.368 e. The van der Waals surface area contributed by atoms with Gasteiger partial charge in [0.2, 0.25) is 10.0 Å². The topological polar surface area (TPSA) is 60.9 Å². The molecule has 0 aromatic heterocycles. The molecule has 2 saturated heterocycles. The third kappa shape index (κ3) is 4.66. The van der Waals surface area contributed by atoms with Crippen molar-refractivity contribution in [1.82, 2.24) is 9.21 Å². The first-order valence-electron chi connectivity index (χ1n) is 11.9.